The number of urea groups is 1. The van der Waals surface area contributed by atoms with Crippen molar-refractivity contribution in [2.45, 2.75) is 13.1 Å². The van der Waals surface area contributed by atoms with Crippen molar-refractivity contribution in [3.05, 3.63) is 88.4 Å². The molecule has 0 radical (unpaired) electrons. The second kappa shape index (κ2) is 12.0. The summed E-state index contributed by atoms with van der Waals surface area (Å²) in [5.74, 6) is -0.746. The van der Waals surface area contributed by atoms with Gasteiger partial charge in [0.25, 0.3) is 0 Å². The number of halogens is 1. The van der Waals surface area contributed by atoms with Crippen molar-refractivity contribution in [3.63, 3.8) is 0 Å². The molecule has 3 aromatic rings. The molecule has 0 bridgehead atoms. The van der Waals surface area contributed by atoms with Gasteiger partial charge in [-0.1, -0.05) is 48.5 Å². The lowest BCUT2D eigenvalue weighted by molar-refractivity contribution is -0.133. The summed E-state index contributed by atoms with van der Waals surface area (Å²) < 4.78 is 19.1. The molecule has 0 aliphatic carbocycles. The summed E-state index contributed by atoms with van der Waals surface area (Å²) >= 11 is 1.57. The summed E-state index contributed by atoms with van der Waals surface area (Å²) in [6, 6.07) is 19.0. The molecule has 0 saturated heterocycles. The Morgan fingerprint density at radius 1 is 0.969 bits per heavy atom. The highest BCUT2D eigenvalue weighted by Crippen LogP contribution is 2.16. The van der Waals surface area contributed by atoms with Gasteiger partial charge in [0.05, 0.1) is 18.8 Å². The highest BCUT2D eigenvalue weighted by atomic mass is 32.1. The maximum absolute atomic E-state index is 14.0. The van der Waals surface area contributed by atoms with Gasteiger partial charge in [0.1, 0.15) is 12.4 Å². The largest absolute Gasteiger partial charge is 0.383 e. The number of nitrogens with one attached hydrogen (secondary N) is 1. The predicted octanol–water partition coefficient (Wildman–Crippen LogP) is 4.60. The molecule has 0 spiro atoms. The summed E-state index contributed by atoms with van der Waals surface area (Å²) in [5, 5.41) is 4.51. The molecule has 0 fully saturated rings. The van der Waals surface area contributed by atoms with Crippen molar-refractivity contribution in [1.82, 2.24) is 9.80 Å². The molecule has 3 rings (SSSR count). The second-order valence-corrected chi connectivity index (χ2v) is 8.17. The molecule has 0 atom stereocenters. The van der Waals surface area contributed by atoms with E-state index in [0.717, 1.165) is 10.4 Å². The van der Waals surface area contributed by atoms with E-state index in [-0.39, 0.29) is 31.3 Å². The number of benzene rings is 2. The van der Waals surface area contributed by atoms with Crippen LogP contribution in [0.5, 0.6) is 0 Å². The first-order chi connectivity index (χ1) is 15.6. The van der Waals surface area contributed by atoms with E-state index < -0.39 is 11.8 Å². The summed E-state index contributed by atoms with van der Waals surface area (Å²) in [5.41, 5.74) is 1.06. The van der Waals surface area contributed by atoms with Gasteiger partial charge in [0.15, 0.2) is 0 Å². The van der Waals surface area contributed by atoms with Crippen LogP contribution in [0, 0.1) is 5.82 Å². The first-order valence-electron chi connectivity index (χ1n) is 10.2. The number of para-hydroxylation sites is 1. The molecule has 168 valence electrons. The molecule has 2 aromatic carbocycles. The first kappa shape index (κ1) is 23.4. The smallest absolute Gasteiger partial charge is 0.322 e. The SMILES string of the molecule is COCCN(CC(=O)N(Cc1ccccc1)Cc1cccs1)C(=O)Nc1ccccc1F. The van der Waals surface area contributed by atoms with Crippen LogP contribution in [0.25, 0.3) is 0 Å². The average molecular weight is 456 g/mol. The standard InChI is InChI=1S/C24H26FN3O3S/c1-31-14-13-27(24(30)26-22-12-6-5-11-21(22)25)18-23(29)28(17-20-10-7-15-32-20)16-19-8-3-2-4-9-19/h2-12,15H,13-14,16-18H2,1H3,(H,26,30). The third kappa shape index (κ3) is 6.90. The Bertz CT molecular complexity index is 999. The fraction of sp³-hybridized carbons (Fsp3) is 0.250. The van der Waals surface area contributed by atoms with Crippen molar-refractivity contribution < 1.29 is 18.7 Å². The molecule has 0 unspecified atom stereocenters. The van der Waals surface area contributed by atoms with Crippen LogP contribution in [0.3, 0.4) is 0 Å². The van der Waals surface area contributed by atoms with E-state index in [4.69, 9.17) is 4.74 Å². The number of nitrogens with zero attached hydrogens (tertiary/aromatic N) is 2. The Labute approximate surface area is 191 Å². The van der Waals surface area contributed by atoms with Crippen molar-refractivity contribution in [2.75, 3.05) is 32.1 Å². The number of ether oxygens (including phenoxy) is 1. The van der Waals surface area contributed by atoms with Gasteiger partial charge in [0, 0.05) is 25.1 Å². The minimum atomic E-state index is -0.559. The van der Waals surface area contributed by atoms with Gasteiger partial charge < -0.3 is 19.9 Å². The molecule has 1 heterocycles. The monoisotopic (exact) mass is 455 g/mol. The molecule has 3 amide bonds. The topological polar surface area (TPSA) is 61.9 Å². The number of rotatable bonds is 10. The second-order valence-electron chi connectivity index (χ2n) is 7.14. The zero-order chi connectivity index (χ0) is 22.8. The number of hydrogen-bond acceptors (Lipinski definition) is 4. The quantitative estimate of drug-likeness (QED) is 0.486. The first-order valence-corrected chi connectivity index (χ1v) is 11.1. The Kier molecular flexibility index (Phi) is 8.77. The van der Waals surface area contributed by atoms with E-state index in [1.54, 1.807) is 28.4 Å². The molecule has 1 aromatic heterocycles. The highest BCUT2D eigenvalue weighted by Gasteiger charge is 2.22. The van der Waals surface area contributed by atoms with Crippen LogP contribution in [-0.2, 0) is 22.6 Å². The predicted molar refractivity (Wildman–Crippen MR) is 124 cm³/mol. The number of anilines is 1. The third-order valence-electron chi connectivity index (χ3n) is 4.79. The van der Waals surface area contributed by atoms with Crippen LogP contribution < -0.4 is 5.32 Å². The van der Waals surface area contributed by atoms with E-state index in [0.29, 0.717) is 13.1 Å². The summed E-state index contributed by atoms with van der Waals surface area (Å²) in [4.78, 5) is 30.2. The van der Waals surface area contributed by atoms with E-state index in [1.165, 1.54) is 24.1 Å². The summed E-state index contributed by atoms with van der Waals surface area (Å²) in [6.45, 7) is 1.16. The van der Waals surface area contributed by atoms with E-state index in [2.05, 4.69) is 5.32 Å². The number of carbonyl (C=O) groups is 2. The van der Waals surface area contributed by atoms with Gasteiger partial charge >= 0.3 is 6.03 Å². The Balaban J connectivity index is 1.74. The maximum atomic E-state index is 14.0. The number of carbonyl (C=O) groups excluding carboxylic acids is 2. The van der Waals surface area contributed by atoms with Gasteiger partial charge in [-0.05, 0) is 29.1 Å². The minimum Gasteiger partial charge on any atom is -0.383 e. The van der Waals surface area contributed by atoms with E-state index in [9.17, 15) is 14.0 Å². The molecule has 0 saturated carbocycles. The fourth-order valence-corrected chi connectivity index (χ4v) is 3.82. The number of hydrogen-bond donors (Lipinski definition) is 1. The van der Waals surface area contributed by atoms with Gasteiger partial charge in [-0.25, -0.2) is 9.18 Å². The molecule has 1 N–H and O–H groups in total. The van der Waals surface area contributed by atoms with Crippen molar-refractivity contribution in [1.29, 1.82) is 0 Å². The number of amides is 3. The summed E-state index contributed by atoms with van der Waals surface area (Å²) in [7, 11) is 1.52. The maximum Gasteiger partial charge on any atom is 0.322 e. The summed E-state index contributed by atoms with van der Waals surface area (Å²) in [6.07, 6.45) is 0. The van der Waals surface area contributed by atoms with Crippen LogP contribution in [-0.4, -0.2) is 48.5 Å². The van der Waals surface area contributed by atoms with Crippen molar-refractivity contribution in [3.8, 4) is 0 Å². The number of methoxy groups -OCH3 is 1. The molecule has 6 nitrogen and oxygen atoms in total. The lowest BCUT2D eigenvalue weighted by atomic mass is 10.2. The van der Waals surface area contributed by atoms with Crippen LogP contribution in [0.1, 0.15) is 10.4 Å². The van der Waals surface area contributed by atoms with Crippen LogP contribution >= 0.6 is 11.3 Å². The van der Waals surface area contributed by atoms with Crippen LogP contribution in [0.15, 0.2) is 72.1 Å². The Morgan fingerprint density at radius 2 is 1.72 bits per heavy atom. The molecule has 32 heavy (non-hydrogen) atoms. The molecule has 0 aliphatic heterocycles. The van der Waals surface area contributed by atoms with Crippen molar-refractivity contribution in [2.24, 2.45) is 0 Å². The zero-order valence-corrected chi connectivity index (χ0v) is 18.7. The van der Waals surface area contributed by atoms with Gasteiger partial charge in [-0.2, -0.15) is 0 Å². The van der Waals surface area contributed by atoms with Gasteiger partial charge in [-0.3, -0.25) is 4.79 Å². The minimum absolute atomic E-state index is 0.0621. The van der Waals surface area contributed by atoms with Crippen LogP contribution in [0.4, 0.5) is 14.9 Å². The number of thiophene rings is 1. The fourth-order valence-electron chi connectivity index (χ4n) is 3.10. The average Bonchev–Trinajstić information content (AvgIpc) is 3.31. The Hall–Kier alpha value is -3.23. The molecular weight excluding hydrogens is 429 g/mol. The van der Waals surface area contributed by atoms with E-state index >= 15 is 0 Å². The normalized spacial score (nSPS) is 10.6. The van der Waals surface area contributed by atoms with Crippen LogP contribution in [0.2, 0.25) is 0 Å². The zero-order valence-electron chi connectivity index (χ0n) is 17.9. The van der Waals surface area contributed by atoms with Crippen molar-refractivity contribution >= 4 is 29.0 Å². The Morgan fingerprint density at radius 3 is 2.41 bits per heavy atom. The molecule has 0 aliphatic rings. The van der Waals surface area contributed by atoms with Gasteiger partial charge in [-0.15, -0.1) is 11.3 Å². The third-order valence-corrected chi connectivity index (χ3v) is 5.65. The lowest BCUT2D eigenvalue weighted by Gasteiger charge is -2.27. The van der Waals surface area contributed by atoms with Gasteiger partial charge in [0.2, 0.25) is 5.91 Å². The molecule has 8 heteroatoms. The van der Waals surface area contributed by atoms with E-state index in [1.807, 2.05) is 47.8 Å². The highest BCUT2D eigenvalue weighted by molar-refractivity contribution is 7.09. The lowest BCUT2D eigenvalue weighted by Crippen LogP contribution is -2.45. The molecular formula is C24H26FN3O3S.